The minimum atomic E-state index is 0.438. The molecule has 3 N–H and O–H groups in total. The summed E-state index contributed by atoms with van der Waals surface area (Å²) in [5, 5.41) is 3.85. The number of nitrogen functional groups attached to an aromatic ring is 1. The van der Waals surface area contributed by atoms with E-state index in [1.54, 1.807) is 6.07 Å². The van der Waals surface area contributed by atoms with Gasteiger partial charge in [-0.1, -0.05) is 11.6 Å². The summed E-state index contributed by atoms with van der Waals surface area (Å²) >= 11 is 5.88. The van der Waals surface area contributed by atoms with Gasteiger partial charge < -0.3 is 16.0 Å². The van der Waals surface area contributed by atoms with E-state index < -0.39 is 0 Å². The normalized spacial score (nSPS) is 25.8. The van der Waals surface area contributed by atoms with Crippen molar-refractivity contribution < 1.29 is 0 Å². The number of pyridine rings is 1. The molecule has 17 heavy (non-hydrogen) atoms. The highest BCUT2D eigenvalue weighted by Crippen LogP contribution is 2.21. The van der Waals surface area contributed by atoms with E-state index in [9.17, 15) is 0 Å². The van der Waals surface area contributed by atoms with Crippen LogP contribution in [0.4, 0.5) is 11.5 Å². The third-order valence-corrected chi connectivity index (χ3v) is 3.57. The standard InChI is InChI=1S/C12H19ClN4/c1-8-5-10(3-4-17(8)2)15-12-7-9(14)6-11(13)16-12/h6-8,10H,3-5H2,1-2H3,(H3,14,15,16). The zero-order chi connectivity index (χ0) is 12.4. The highest BCUT2D eigenvalue weighted by Gasteiger charge is 2.22. The zero-order valence-corrected chi connectivity index (χ0v) is 11.0. The Kier molecular flexibility index (Phi) is 3.74. The molecule has 0 radical (unpaired) electrons. The molecular weight excluding hydrogens is 236 g/mol. The highest BCUT2D eigenvalue weighted by molar-refractivity contribution is 6.29. The molecule has 2 rings (SSSR count). The van der Waals surface area contributed by atoms with E-state index in [1.165, 1.54) is 0 Å². The number of piperidine rings is 1. The first-order valence-electron chi connectivity index (χ1n) is 5.94. The van der Waals surface area contributed by atoms with Crippen LogP contribution in [0.5, 0.6) is 0 Å². The lowest BCUT2D eigenvalue weighted by Gasteiger charge is -2.35. The number of likely N-dealkylation sites (tertiary alicyclic amines) is 1. The van der Waals surface area contributed by atoms with Crippen molar-refractivity contribution in [1.82, 2.24) is 9.88 Å². The van der Waals surface area contributed by atoms with E-state index in [1.807, 2.05) is 6.07 Å². The molecule has 1 aliphatic heterocycles. The number of nitrogens with two attached hydrogens (primary N) is 1. The molecule has 1 aromatic rings. The van der Waals surface area contributed by atoms with E-state index >= 15 is 0 Å². The summed E-state index contributed by atoms with van der Waals surface area (Å²) in [5.74, 6) is 0.775. The van der Waals surface area contributed by atoms with Gasteiger partial charge in [0.15, 0.2) is 0 Å². The molecule has 1 aliphatic rings. The molecule has 2 atom stereocenters. The lowest BCUT2D eigenvalue weighted by atomic mass is 9.99. The molecule has 5 heteroatoms. The fourth-order valence-corrected chi connectivity index (χ4v) is 2.44. The highest BCUT2D eigenvalue weighted by atomic mass is 35.5. The molecule has 1 saturated heterocycles. The fraction of sp³-hybridized carbons (Fsp3) is 0.583. The minimum Gasteiger partial charge on any atom is -0.399 e. The Hall–Kier alpha value is -1.00. The van der Waals surface area contributed by atoms with Gasteiger partial charge in [0.2, 0.25) is 0 Å². The molecule has 1 fully saturated rings. The second kappa shape index (κ2) is 5.10. The Balaban J connectivity index is 2.01. The van der Waals surface area contributed by atoms with Gasteiger partial charge in [0.25, 0.3) is 0 Å². The van der Waals surface area contributed by atoms with Crippen LogP contribution >= 0.6 is 11.6 Å². The van der Waals surface area contributed by atoms with Gasteiger partial charge in [-0.25, -0.2) is 4.98 Å². The predicted octanol–water partition coefficient (Wildman–Crippen LogP) is 2.21. The number of nitrogens with one attached hydrogen (secondary N) is 1. The Morgan fingerprint density at radius 2 is 2.29 bits per heavy atom. The largest absolute Gasteiger partial charge is 0.399 e. The van der Waals surface area contributed by atoms with Crippen molar-refractivity contribution in [1.29, 1.82) is 0 Å². The molecule has 1 aromatic heterocycles. The van der Waals surface area contributed by atoms with Crippen LogP contribution in [0.2, 0.25) is 5.15 Å². The molecule has 4 nitrogen and oxygen atoms in total. The first kappa shape index (κ1) is 12.5. The van der Waals surface area contributed by atoms with Crippen LogP contribution in [-0.4, -0.2) is 35.6 Å². The van der Waals surface area contributed by atoms with Crippen LogP contribution < -0.4 is 11.1 Å². The van der Waals surface area contributed by atoms with Gasteiger partial charge in [-0.2, -0.15) is 0 Å². The molecular formula is C12H19ClN4. The van der Waals surface area contributed by atoms with Gasteiger partial charge in [-0.3, -0.25) is 0 Å². The molecule has 0 bridgehead atoms. The van der Waals surface area contributed by atoms with Crippen LogP contribution in [0.3, 0.4) is 0 Å². The maximum Gasteiger partial charge on any atom is 0.133 e. The van der Waals surface area contributed by atoms with Crippen LogP contribution in [0.15, 0.2) is 12.1 Å². The number of anilines is 2. The average Bonchev–Trinajstić information content (AvgIpc) is 2.22. The number of nitrogens with zero attached hydrogens (tertiary/aromatic N) is 2. The lowest BCUT2D eigenvalue weighted by molar-refractivity contribution is 0.190. The van der Waals surface area contributed by atoms with Crippen molar-refractivity contribution in [3.05, 3.63) is 17.3 Å². The Morgan fingerprint density at radius 3 is 2.94 bits per heavy atom. The van der Waals surface area contributed by atoms with E-state index in [0.29, 0.717) is 22.9 Å². The van der Waals surface area contributed by atoms with Gasteiger partial charge in [0, 0.05) is 30.4 Å². The van der Waals surface area contributed by atoms with Crippen LogP contribution in [0.1, 0.15) is 19.8 Å². The van der Waals surface area contributed by atoms with Crippen LogP contribution in [0.25, 0.3) is 0 Å². The quantitative estimate of drug-likeness (QED) is 0.795. The summed E-state index contributed by atoms with van der Waals surface area (Å²) in [6, 6.07) is 4.53. The summed E-state index contributed by atoms with van der Waals surface area (Å²) < 4.78 is 0. The van der Waals surface area contributed by atoms with Crippen molar-refractivity contribution in [3.63, 3.8) is 0 Å². The fourth-order valence-electron chi connectivity index (χ4n) is 2.22. The predicted molar refractivity (Wildman–Crippen MR) is 72.4 cm³/mol. The van der Waals surface area contributed by atoms with Gasteiger partial charge in [-0.05, 0) is 32.9 Å². The lowest BCUT2D eigenvalue weighted by Crippen LogP contribution is -2.42. The Bertz CT molecular complexity index is 376. The molecule has 2 heterocycles. The summed E-state index contributed by atoms with van der Waals surface area (Å²) in [4.78, 5) is 6.61. The number of halogens is 1. The molecule has 0 saturated carbocycles. The van der Waals surface area contributed by atoms with Crippen molar-refractivity contribution in [3.8, 4) is 0 Å². The number of hydrogen-bond acceptors (Lipinski definition) is 4. The monoisotopic (exact) mass is 254 g/mol. The molecule has 2 unspecified atom stereocenters. The Labute approximate surface area is 107 Å². The number of rotatable bonds is 2. The van der Waals surface area contributed by atoms with Crippen LogP contribution in [-0.2, 0) is 0 Å². The second-order valence-corrected chi connectivity index (χ2v) is 5.19. The number of aromatic nitrogens is 1. The maximum atomic E-state index is 5.88. The molecule has 0 amide bonds. The third-order valence-electron chi connectivity index (χ3n) is 3.38. The van der Waals surface area contributed by atoms with Crippen LogP contribution in [0, 0.1) is 0 Å². The van der Waals surface area contributed by atoms with Crippen molar-refractivity contribution in [2.75, 3.05) is 24.6 Å². The van der Waals surface area contributed by atoms with Gasteiger partial charge in [0.1, 0.15) is 11.0 Å². The van der Waals surface area contributed by atoms with E-state index in [0.717, 1.165) is 25.2 Å². The molecule has 94 valence electrons. The van der Waals surface area contributed by atoms with E-state index in [-0.39, 0.29) is 0 Å². The summed E-state index contributed by atoms with van der Waals surface area (Å²) in [7, 11) is 2.16. The first-order valence-corrected chi connectivity index (χ1v) is 6.32. The third kappa shape index (κ3) is 3.23. The topological polar surface area (TPSA) is 54.2 Å². The minimum absolute atomic E-state index is 0.438. The summed E-state index contributed by atoms with van der Waals surface area (Å²) in [6.07, 6.45) is 2.24. The SMILES string of the molecule is CC1CC(Nc2cc(N)cc(Cl)n2)CCN1C. The van der Waals surface area contributed by atoms with Gasteiger partial charge in [-0.15, -0.1) is 0 Å². The molecule has 0 aromatic carbocycles. The second-order valence-electron chi connectivity index (χ2n) is 4.80. The average molecular weight is 255 g/mol. The maximum absolute atomic E-state index is 5.88. The molecule has 0 spiro atoms. The summed E-state index contributed by atoms with van der Waals surface area (Å²) in [6.45, 7) is 3.35. The van der Waals surface area contributed by atoms with Crippen molar-refractivity contribution in [2.24, 2.45) is 0 Å². The Morgan fingerprint density at radius 1 is 1.53 bits per heavy atom. The molecule has 0 aliphatic carbocycles. The smallest absolute Gasteiger partial charge is 0.133 e. The summed E-state index contributed by atoms with van der Waals surface area (Å²) in [5.41, 5.74) is 6.39. The number of hydrogen-bond donors (Lipinski definition) is 2. The first-order chi connectivity index (χ1) is 8.04. The van der Waals surface area contributed by atoms with Gasteiger partial charge >= 0.3 is 0 Å². The van der Waals surface area contributed by atoms with E-state index in [2.05, 4.69) is 29.2 Å². The zero-order valence-electron chi connectivity index (χ0n) is 10.3. The van der Waals surface area contributed by atoms with Gasteiger partial charge in [0.05, 0.1) is 0 Å². The van der Waals surface area contributed by atoms with Crippen molar-refractivity contribution >= 4 is 23.1 Å². The van der Waals surface area contributed by atoms with E-state index in [4.69, 9.17) is 17.3 Å². The van der Waals surface area contributed by atoms with Crippen molar-refractivity contribution in [2.45, 2.75) is 31.8 Å².